The average Bonchev–Trinajstić information content (AvgIpc) is 3.12. The van der Waals surface area contributed by atoms with E-state index in [-0.39, 0.29) is 5.89 Å². The van der Waals surface area contributed by atoms with E-state index >= 15 is 0 Å². The number of hydrogen-bond acceptors (Lipinski definition) is 7. The Morgan fingerprint density at radius 3 is 2.41 bits per heavy atom. The first kappa shape index (κ1) is 19.3. The summed E-state index contributed by atoms with van der Waals surface area (Å²) in [6, 6.07) is 6.78. The third kappa shape index (κ3) is 4.47. The molecule has 2 aromatic rings. The van der Waals surface area contributed by atoms with Crippen LogP contribution in [0.3, 0.4) is 0 Å². The smallest absolute Gasteiger partial charge is 0.336 e. The van der Waals surface area contributed by atoms with E-state index in [1.807, 2.05) is 0 Å². The van der Waals surface area contributed by atoms with Crippen LogP contribution in [0.15, 0.2) is 33.9 Å². The number of carbonyl (C=O) groups is 1. The first-order valence-electron chi connectivity index (χ1n) is 8.77. The van der Waals surface area contributed by atoms with Gasteiger partial charge in [-0.2, -0.15) is 0 Å². The zero-order chi connectivity index (χ0) is 19.6. The third-order valence-electron chi connectivity index (χ3n) is 4.54. The van der Waals surface area contributed by atoms with E-state index in [4.69, 9.17) is 9.15 Å². The van der Waals surface area contributed by atoms with Gasteiger partial charge in [-0.05, 0) is 42.5 Å². The molecule has 0 N–H and O–H groups in total. The highest BCUT2D eigenvalue weighted by atomic mass is 32.2. The van der Waals surface area contributed by atoms with Crippen molar-refractivity contribution in [2.75, 3.05) is 26.0 Å². The minimum atomic E-state index is -4.00. The molecule has 3 rings (SSSR count). The van der Waals surface area contributed by atoms with Gasteiger partial charge in [-0.1, -0.05) is 18.9 Å². The fourth-order valence-corrected chi connectivity index (χ4v) is 4.37. The lowest BCUT2D eigenvalue weighted by Crippen LogP contribution is -2.44. The number of likely N-dealkylation sites (tertiary alicyclic amines) is 1. The Morgan fingerprint density at radius 2 is 1.81 bits per heavy atom. The molecule has 1 aromatic carbocycles. The molecule has 1 amide bonds. The first-order valence-corrected chi connectivity index (χ1v) is 10.4. The zero-order valence-electron chi connectivity index (χ0n) is 15.6. The van der Waals surface area contributed by atoms with Crippen molar-refractivity contribution in [1.82, 2.24) is 15.1 Å². The van der Waals surface area contributed by atoms with Gasteiger partial charge in [-0.15, -0.1) is 5.10 Å². The van der Waals surface area contributed by atoms with Crippen LogP contribution in [0.5, 0.6) is 5.75 Å². The molecule has 1 fully saturated rings. The first-order chi connectivity index (χ1) is 12.8. The minimum absolute atomic E-state index is 0.0730. The standard InChI is InChI=1S/C18H23N3O5S/c1-12-8-13(2)10-21(9-12)16(22)11-27(23,24)18-20-19-17(26-18)14-4-6-15(25-3)7-5-14/h4-7,12-13H,8-11H2,1-3H3. The SMILES string of the molecule is COc1ccc(-c2nnc(S(=O)(=O)CC(=O)N3CC(C)CC(C)C3)o2)cc1. The highest BCUT2D eigenvalue weighted by molar-refractivity contribution is 7.91. The quantitative estimate of drug-likeness (QED) is 0.766. The number of aromatic nitrogens is 2. The second kappa shape index (κ2) is 7.67. The summed E-state index contributed by atoms with van der Waals surface area (Å²) >= 11 is 0. The Morgan fingerprint density at radius 1 is 1.19 bits per heavy atom. The van der Waals surface area contributed by atoms with Gasteiger partial charge in [-0.25, -0.2) is 8.42 Å². The molecule has 0 saturated carbocycles. The van der Waals surface area contributed by atoms with Gasteiger partial charge in [0.05, 0.1) is 7.11 Å². The van der Waals surface area contributed by atoms with Crippen molar-refractivity contribution < 1.29 is 22.4 Å². The zero-order valence-corrected chi connectivity index (χ0v) is 16.4. The molecule has 2 unspecified atom stereocenters. The molecule has 1 aliphatic rings. The van der Waals surface area contributed by atoms with E-state index in [9.17, 15) is 13.2 Å². The molecule has 1 aromatic heterocycles. The Labute approximate surface area is 158 Å². The normalized spacial score (nSPS) is 20.5. The summed E-state index contributed by atoms with van der Waals surface area (Å²) in [6.45, 7) is 5.26. The van der Waals surface area contributed by atoms with Crippen LogP contribution in [0.2, 0.25) is 0 Å². The maximum atomic E-state index is 12.5. The molecule has 0 bridgehead atoms. The van der Waals surface area contributed by atoms with Crippen molar-refractivity contribution in [3.05, 3.63) is 24.3 Å². The molecule has 0 spiro atoms. The summed E-state index contributed by atoms with van der Waals surface area (Å²) in [5.41, 5.74) is 0.565. The minimum Gasteiger partial charge on any atom is -0.497 e. The maximum absolute atomic E-state index is 12.5. The van der Waals surface area contributed by atoms with Crippen LogP contribution in [0.25, 0.3) is 11.5 Å². The number of sulfone groups is 1. The summed E-state index contributed by atoms with van der Waals surface area (Å²) in [5.74, 6) is 0.329. The predicted molar refractivity (Wildman–Crippen MR) is 97.9 cm³/mol. The van der Waals surface area contributed by atoms with E-state index < -0.39 is 26.7 Å². The number of piperidine rings is 1. The Kier molecular flexibility index (Phi) is 5.50. The second-order valence-corrected chi connectivity index (χ2v) is 8.97. The van der Waals surface area contributed by atoms with Crippen molar-refractivity contribution in [2.45, 2.75) is 25.5 Å². The van der Waals surface area contributed by atoms with Crippen molar-refractivity contribution in [3.8, 4) is 17.2 Å². The number of ether oxygens (including phenoxy) is 1. The molecule has 2 heterocycles. The van der Waals surface area contributed by atoms with E-state index in [0.29, 0.717) is 36.2 Å². The lowest BCUT2D eigenvalue weighted by molar-refractivity contribution is -0.131. The number of hydrogen-bond donors (Lipinski definition) is 0. The average molecular weight is 393 g/mol. The molecule has 9 heteroatoms. The molecule has 0 aliphatic carbocycles. The van der Waals surface area contributed by atoms with Gasteiger partial charge in [0.25, 0.3) is 0 Å². The number of amides is 1. The molecular weight excluding hydrogens is 370 g/mol. The van der Waals surface area contributed by atoms with E-state index in [1.165, 1.54) is 0 Å². The number of nitrogens with zero attached hydrogens (tertiary/aromatic N) is 3. The van der Waals surface area contributed by atoms with Gasteiger partial charge in [0, 0.05) is 18.7 Å². The van der Waals surface area contributed by atoms with Crippen molar-refractivity contribution in [1.29, 1.82) is 0 Å². The van der Waals surface area contributed by atoms with Gasteiger partial charge in [-0.3, -0.25) is 4.79 Å². The van der Waals surface area contributed by atoms with Crippen LogP contribution in [-0.4, -0.2) is 55.4 Å². The third-order valence-corrected chi connectivity index (χ3v) is 5.87. The van der Waals surface area contributed by atoms with E-state index in [2.05, 4.69) is 24.0 Å². The van der Waals surface area contributed by atoms with Gasteiger partial charge in [0.15, 0.2) is 0 Å². The molecule has 0 radical (unpaired) electrons. The van der Waals surface area contributed by atoms with Gasteiger partial charge < -0.3 is 14.1 Å². The fraction of sp³-hybridized carbons (Fsp3) is 0.500. The molecule has 146 valence electrons. The monoisotopic (exact) mass is 393 g/mol. The van der Waals surface area contributed by atoms with Crippen LogP contribution in [0.4, 0.5) is 0 Å². The number of benzene rings is 1. The van der Waals surface area contributed by atoms with Crippen molar-refractivity contribution >= 4 is 15.7 Å². The Hall–Kier alpha value is -2.42. The lowest BCUT2D eigenvalue weighted by atomic mass is 9.92. The predicted octanol–water partition coefficient (Wildman–Crippen LogP) is 2.02. The molecular formula is C18H23N3O5S. The fourth-order valence-electron chi connectivity index (χ4n) is 3.37. The number of rotatable bonds is 5. The van der Waals surface area contributed by atoms with Gasteiger partial charge in [0.2, 0.25) is 21.6 Å². The summed E-state index contributed by atoms with van der Waals surface area (Å²) in [6.07, 6.45) is 1.03. The molecule has 27 heavy (non-hydrogen) atoms. The van der Waals surface area contributed by atoms with Gasteiger partial charge >= 0.3 is 5.22 Å². The van der Waals surface area contributed by atoms with Crippen LogP contribution in [-0.2, 0) is 14.6 Å². The number of methoxy groups -OCH3 is 1. The number of carbonyl (C=O) groups excluding carboxylic acids is 1. The summed E-state index contributed by atoms with van der Waals surface area (Å²) in [5, 5.41) is 6.88. The molecule has 1 aliphatic heterocycles. The van der Waals surface area contributed by atoms with Gasteiger partial charge in [0.1, 0.15) is 11.5 Å². The summed E-state index contributed by atoms with van der Waals surface area (Å²) < 4.78 is 35.5. The van der Waals surface area contributed by atoms with Crippen LogP contribution >= 0.6 is 0 Å². The highest BCUT2D eigenvalue weighted by Gasteiger charge is 2.31. The molecule has 2 atom stereocenters. The second-order valence-electron chi connectivity index (χ2n) is 7.11. The van der Waals surface area contributed by atoms with Crippen molar-refractivity contribution in [2.24, 2.45) is 11.8 Å². The Balaban J connectivity index is 1.73. The van der Waals surface area contributed by atoms with E-state index in [0.717, 1.165) is 6.42 Å². The highest BCUT2D eigenvalue weighted by Crippen LogP contribution is 2.24. The van der Waals surface area contributed by atoms with E-state index in [1.54, 1.807) is 36.3 Å². The van der Waals surface area contributed by atoms with Crippen LogP contribution < -0.4 is 4.74 Å². The largest absolute Gasteiger partial charge is 0.497 e. The topological polar surface area (TPSA) is 103 Å². The Bertz CT molecular complexity index is 897. The lowest BCUT2D eigenvalue weighted by Gasteiger charge is -2.34. The van der Waals surface area contributed by atoms with Crippen LogP contribution in [0, 0.1) is 11.8 Å². The van der Waals surface area contributed by atoms with Crippen molar-refractivity contribution in [3.63, 3.8) is 0 Å². The molecule has 1 saturated heterocycles. The maximum Gasteiger partial charge on any atom is 0.336 e. The molecule has 8 nitrogen and oxygen atoms in total. The summed E-state index contributed by atoms with van der Waals surface area (Å²) in [7, 11) is -2.45. The van der Waals surface area contributed by atoms with Crippen LogP contribution in [0.1, 0.15) is 20.3 Å². The summed E-state index contributed by atoms with van der Waals surface area (Å²) in [4.78, 5) is 14.1.